The minimum atomic E-state index is -0.00212. The molecule has 1 aromatic heterocycles. The molecule has 0 N–H and O–H groups in total. The van der Waals surface area contributed by atoms with E-state index in [0.717, 1.165) is 37.0 Å². The van der Waals surface area contributed by atoms with Crippen LogP contribution in [0.15, 0.2) is 59.2 Å². The Kier molecular flexibility index (Phi) is 5.60. The Morgan fingerprint density at radius 2 is 1.79 bits per heavy atom. The maximum atomic E-state index is 13.1. The number of piperidine rings is 1. The van der Waals surface area contributed by atoms with Gasteiger partial charge in [0.2, 0.25) is 11.8 Å². The summed E-state index contributed by atoms with van der Waals surface area (Å²) in [6.45, 7) is 1.82. The molecule has 1 aliphatic heterocycles. The molecule has 1 aromatic carbocycles. The van der Waals surface area contributed by atoms with Gasteiger partial charge in [-0.3, -0.25) is 9.59 Å². The first-order valence-electron chi connectivity index (χ1n) is 10.1. The van der Waals surface area contributed by atoms with E-state index in [2.05, 4.69) is 0 Å². The molecule has 2 aromatic rings. The predicted octanol–water partition coefficient (Wildman–Crippen LogP) is 3.72. The van der Waals surface area contributed by atoms with Crippen LogP contribution in [0.5, 0.6) is 0 Å². The van der Waals surface area contributed by atoms with Crippen molar-refractivity contribution in [3.8, 4) is 0 Å². The molecule has 2 aliphatic rings. The first-order chi connectivity index (χ1) is 13.7. The van der Waals surface area contributed by atoms with E-state index in [9.17, 15) is 9.59 Å². The second kappa shape index (κ2) is 8.46. The lowest BCUT2D eigenvalue weighted by Crippen LogP contribution is -2.44. The first kappa shape index (κ1) is 18.5. The van der Waals surface area contributed by atoms with Gasteiger partial charge < -0.3 is 14.2 Å². The van der Waals surface area contributed by atoms with Gasteiger partial charge >= 0.3 is 0 Å². The summed E-state index contributed by atoms with van der Waals surface area (Å²) in [6.07, 6.45) is 8.74. The molecule has 2 fully saturated rings. The zero-order valence-electron chi connectivity index (χ0n) is 16.0. The number of amides is 2. The molecular formula is C23H26N2O3. The summed E-state index contributed by atoms with van der Waals surface area (Å²) in [4.78, 5) is 29.3. The van der Waals surface area contributed by atoms with Gasteiger partial charge in [-0.1, -0.05) is 30.3 Å². The van der Waals surface area contributed by atoms with Crippen molar-refractivity contribution in [3.63, 3.8) is 0 Å². The minimum Gasteiger partial charge on any atom is -0.467 e. The van der Waals surface area contributed by atoms with E-state index in [1.807, 2.05) is 58.3 Å². The van der Waals surface area contributed by atoms with Gasteiger partial charge in [0.25, 0.3) is 0 Å². The summed E-state index contributed by atoms with van der Waals surface area (Å²) in [6, 6.07) is 13.9. The number of carbonyl (C=O) groups is 2. The zero-order chi connectivity index (χ0) is 19.3. The summed E-state index contributed by atoms with van der Waals surface area (Å²) < 4.78 is 5.44. The number of furan rings is 1. The Hall–Kier alpha value is -2.82. The molecule has 0 unspecified atom stereocenters. The smallest absolute Gasteiger partial charge is 0.246 e. The van der Waals surface area contributed by atoms with Crippen LogP contribution >= 0.6 is 0 Å². The van der Waals surface area contributed by atoms with Gasteiger partial charge in [-0.15, -0.1) is 0 Å². The Labute approximate surface area is 165 Å². The summed E-state index contributed by atoms with van der Waals surface area (Å²) >= 11 is 0. The number of nitrogens with zero attached hydrogens (tertiary/aromatic N) is 2. The normalized spacial score (nSPS) is 17.8. The third-order valence-electron chi connectivity index (χ3n) is 5.55. The summed E-state index contributed by atoms with van der Waals surface area (Å²) in [5, 5.41) is 0. The maximum Gasteiger partial charge on any atom is 0.246 e. The molecule has 0 spiro atoms. The molecule has 0 radical (unpaired) electrons. The van der Waals surface area contributed by atoms with E-state index in [4.69, 9.17) is 4.42 Å². The SMILES string of the molecule is O=C(/C=C/c1ccccc1)N1CCC(C(=O)N(Cc2ccco2)C2CC2)CC1. The van der Waals surface area contributed by atoms with Crippen molar-refractivity contribution in [1.29, 1.82) is 0 Å². The lowest BCUT2D eigenvalue weighted by Gasteiger charge is -2.33. The molecule has 2 heterocycles. The molecule has 1 saturated heterocycles. The summed E-state index contributed by atoms with van der Waals surface area (Å²) in [5.41, 5.74) is 1.01. The van der Waals surface area contributed by atoms with E-state index in [1.165, 1.54) is 0 Å². The van der Waals surface area contributed by atoms with Crippen LogP contribution in [0.25, 0.3) is 6.08 Å². The fourth-order valence-electron chi connectivity index (χ4n) is 3.76. The van der Waals surface area contributed by atoms with Crippen LogP contribution in [0.4, 0.5) is 0 Å². The molecule has 0 atom stereocenters. The third kappa shape index (κ3) is 4.53. The quantitative estimate of drug-likeness (QED) is 0.720. The second-order valence-corrected chi connectivity index (χ2v) is 7.62. The molecule has 4 rings (SSSR count). The van der Waals surface area contributed by atoms with Crippen LogP contribution in [0.2, 0.25) is 0 Å². The van der Waals surface area contributed by atoms with Crippen LogP contribution in [-0.2, 0) is 16.1 Å². The van der Waals surface area contributed by atoms with Gasteiger partial charge in [0.05, 0.1) is 12.8 Å². The van der Waals surface area contributed by atoms with Crippen LogP contribution in [0.1, 0.15) is 37.0 Å². The van der Waals surface area contributed by atoms with E-state index in [0.29, 0.717) is 25.7 Å². The molecule has 0 bridgehead atoms. The maximum absolute atomic E-state index is 13.1. The van der Waals surface area contributed by atoms with Gasteiger partial charge in [-0.05, 0) is 49.5 Å². The monoisotopic (exact) mass is 378 g/mol. The van der Waals surface area contributed by atoms with Crippen molar-refractivity contribution in [1.82, 2.24) is 9.80 Å². The standard InChI is InChI=1S/C23H26N2O3/c26-22(11-8-18-5-2-1-3-6-18)24-14-12-19(13-15-24)23(27)25(20-9-10-20)17-21-7-4-16-28-21/h1-8,11,16,19-20H,9-10,12-15,17H2/b11-8+. The van der Waals surface area contributed by atoms with Crippen molar-refractivity contribution in [2.45, 2.75) is 38.3 Å². The van der Waals surface area contributed by atoms with Gasteiger partial charge in [0, 0.05) is 31.1 Å². The first-order valence-corrected chi connectivity index (χ1v) is 10.1. The van der Waals surface area contributed by atoms with E-state index in [-0.39, 0.29) is 17.7 Å². The number of hydrogen-bond donors (Lipinski definition) is 0. The molecule has 2 amide bonds. The molecule has 5 heteroatoms. The Morgan fingerprint density at radius 3 is 2.43 bits per heavy atom. The Morgan fingerprint density at radius 1 is 1.04 bits per heavy atom. The average molecular weight is 378 g/mol. The largest absolute Gasteiger partial charge is 0.467 e. The van der Waals surface area contributed by atoms with Crippen LogP contribution < -0.4 is 0 Å². The fraction of sp³-hybridized carbons (Fsp3) is 0.391. The number of rotatable bonds is 6. The van der Waals surface area contributed by atoms with E-state index in [1.54, 1.807) is 12.3 Å². The Balaban J connectivity index is 1.31. The third-order valence-corrected chi connectivity index (χ3v) is 5.55. The average Bonchev–Trinajstić information content (AvgIpc) is 3.46. The van der Waals surface area contributed by atoms with Crippen LogP contribution in [0, 0.1) is 5.92 Å². The van der Waals surface area contributed by atoms with Gasteiger partial charge in [-0.2, -0.15) is 0 Å². The van der Waals surface area contributed by atoms with Crippen molar-refractivity contribution in [2.24, 2.45) is 5.92 Å². The van der Waals surface area contributed by atoms with E-state index >= 15 is 0 Å². The molecule has 5 nitrogen and oxygen atoms in total. The molecule has 146 valence electrons. The number of likely N-dealkylation sites (tertiary alicyclic amines) is 1. The van der Waals surface area contributed by atoms with Crippen molar-refractivity contribution in [3.05, 3.63) is 66.1 Å². The number of carbonyl (C=O) groups excluding carboxylic acids is 2. The molecular weight excluding hydrogens is 352 g/mol. The van der Waals surface area contributed by atoms with Crippen LogP contribution in [-0.4, -0.2) is 40.7 Å². The summed E-state index contributed by atoms with van der Waals surface area (Å²) in [5.74, 6) is 1.06. The van der Waals surface area contributed by atoms with Crippen molar-refractivity contribution < 1.29 is 14.0 Å². The molecule has 1 aliphatic carbocycles. The number of hydrogen-bond acceptors (Lipinski definition) is 3. The fourth-order valence-corrected chi connectivity index (χ4v) is 3.76. The van der Waals surface area contributed by atoms with Crippen LogP contribution in [0.3, 0.4) is 0 Å². The highest BCUT2D eigenvalue weighted by atomic mass is 16.3. The van der Waals surface area contributed by atoms with Gasteiger partial charge in [0.15, 0.2) is 0 Å². The highest BCUT2D eigenvalue weighted by Gasteiger charge is 2.37. The minimum absolute atomic E-state index is 0.00212. The summed E-state index contributed by atoms with van der Waals surface area (Å²) in [7, 11) is 0. The highest BCUT2D eigenvalue weighted by molar-refractivity contribution is 5.92. The highest BCUT2D eigenvalue weighted by Crippen LogP contribution is 2.32. The molecule has 28 heavy (non-hydrogen) atoms. The van der Waals surface area contributed by atoms with Crippen molar-refractivity contribution >= 4 is 17.9 Å². The lowest BCUT2D eigenvalue weighted by atomic mass is 9.95. The number of benzene rings is 1. The van der Waals surface area contributed by atoms with Gasteiger partial charge in [-0.25, -0.2) is 0 Å². The van der Waals surface area contributed by atoms with Crippen molar-refractivity contribution in [2.75, 3.05) is 13.1 Å². The van der Waals surface area contributed by atoms with Gasteiger partial charge in [0.1, 0.15) is 5.76 Å². The topological polar surface area (TPSA) is 53.8 Å². The second-order valence-electron chi connectivity index (χ2n) is 7.62. The molecule has 1 saturated carbocycles. The lowest BCUT2D eigenvalue weighted by molar-refractivity contribution is -0.140. The zero-order valence-corrected chi connectivity index (χ0v) is 16.0. The Bertz CT molecular complexity index is 817. The predicted molar refractivity (Wildman–Crippen MR) is 107 cm³/mol. The van der Waals surface area contributed by atoms with E-state index < -0.39 is 0 Å².